The van der Waals surface area contributed by atoms with E-state index in [1.807, 2.05) is 23.5 Å². The molecule has 0 bridgehead atoms. The topological polar surface area (TPSA) is 45.1 Å². The Kier molecular flexibility index (Phi) is 3.96. The standard InChI is InChI=1S/C17H18N2OS2/c20-13(16-8-11-4-1-2-6-14(11)21-16)9-18-10-17-19-12-5-3-7-15(12)22-17/h1-2,4,6,8,13,18,20H,3,5,7,9-10H2. The Balaban J connectivity index is 1.36. The van der Waals surface area contributed by atoms with Gasteiger partial charge in [0.05, 0.1) is 5.69 Å². The maximum atomic E-state index is 10.3. The van der Waals surface area contributed by atoms with Gasteiger partial charge in [-0.25, -0.2) is 4.98 Å². The summed E-state index contributed by atoms with van der Waals surface area (Å²) in [5.41, 5.74) is 1.30. The fourth-order valence-corrected chi connectivity index (χ4v) is 5.08. The van der Waals surface area contributed by atoms with Gasteiger partial charge < -0.3 is 10.4 Å². The van der Waals surface area contributed by atoms with Crippen LogP contribution in [0.3, 0.4) is 0 Å². The highest BCUT2D eigenvalue weighted by atomic mass is 32.1. The third kappa shape index (κ3) is 2.82. The number of aromatic nitrogens is 1. The molecule has 1 atom stereocenters. The summed E-state index contributed by atoms with van der Waals surface area (Å²) in [7, 11) is 0. The van der Waals surface area contributed by atoms with E-state index in [0.29, 0.717) is 6.54 Å². The molecule has 2 aromatic heterocycles. The zero-order chi connectivity index (χ0) is 14.9. The Bertz CT molecular complexity index is 738. The van der Waals surface area contributed by atoms with E-state index < -0.39 is 6.10 Å². The van der Waals surface area contributed by atoms with Crippen LogP contribution in [0.1, 0.15) is 33.0 Å². The van der Waals surface area contributed by atoms with Gasteiger partial charge in [0, 0.05) is 27.5 Å². The molecule has 0 spiro atoms. The summed E-state index contributed by atoms with van der Waals surface area (Å²) < 4.78 is 1.23. The van der Waals surface area contributed by atoms with Gasteiger partial charge in [-0.15, -0.1) is 22.7 Å². The molecule has 2 N–H and O–H groups in total. The lowest BCUT2D eigenvalue weighted by Crippen LogP contribution is -2.20. The number of benzene rings is 1. The third-order valence-corrected chi connectivity index (χ3v) is 6.40. The first-order chi connectivity index (χ1) is 10.8. The van der Waals surface area contributed by atoms with Gasteiger partial charge in [-0.1, -0.05) is 18.2 Å². The molecule has 5 heteroatoms. The second-order valence-electron chi connectivity index (χ2n) is 5.66. The predicted octanol–water partition coefficient (Wildman–Crippen LogP) is 3.67. The number of fused-ring (bicyclic) bond motifs is 2. The third-order valence-electron chi connectivity index (χ3n) is 4.03. The Labute approximate surface area is 137 Å². The van der Waals surface area contributed by atoms with Gasteiger partial charge in [0.15, 0.2) is 0 Å². The van der Waals surface area contributed by atoms with Crippen molar-refractivity contribution in [2.45, 2.75) is 31.9 Å². The molecule has 3 aromatic rings. The van der Waals surface area contributed by atoms with Crippen molar-refractivity contribution < 1.29 is 5.11 Å². The monoisotopic (exact) mass is 330 g/mol. The smallest absolute Gasteiger partial charge is 0.107 e. The molecule has 1 aliphatic rings. The molecule has 1 aliphatic carbocycles. The van der Waals surface area contributed by atoms with E-state index in [0.717, 1.165) is 22.9 Å². The summed E-state index contributed by atoms with van der Waals surface area (Å²) in [6.45, 7) is 1.32. The molecule has 0 radical (unpaired) electrons. The number of aliphatic hydroxyl groups is 1. The highest BCUT2D eigenvalue weighted by molar-refractivity contribution is 7.19. The summed E-state index contributed by atoms with van der Waals surface area (Å²) >= 11 is 3.49. The molecule has 22 heavy (non-hydrogen) atoms. The minimum Gasteiger partial charge on any atom is -0.386 e. The largest absolute Gasteiger partial charge is 0.386 e. The lowest BCUT2D eigenvalue weighted by molar-refractivity contribution is 0.178. The molecule has 0 amide bonds. The molecule has 0 saturated heterocycles. The van der Waals surface area contributed by atoms with Crippen LogP contribution in [0.25, 0.3) is 10.1 Å². The van der Waals surface area contributed by atoms with Crippen LogP contribution >= 0.6 is 22.7 Å². The molecule has 0 saturated carbocycles. The Hall–Kier alpha value is -1.27. The Morgan fingerprint density at radius 3 is 3.00 bits per heavy atom. The van der Waals surface area contributed by atoms with E-state index in [1.54, 1.807) is 11.3 Å². The van der Waals surface area contributed by atoms with E-state index >= 15 is 0 Å². The molecule has 2 heterocycles. The number of hydrogen-bond acceptors (Lipinski definition) is 5. The minimum atomic E-state index is -0.454. The summed E-state index contributed by atoms with van der Waals surface area (Å²) in [6, 6.07) is 10.3. The van der Waals surface area contributed by atoms with Crippen LogP contribution < -0.4 is 5.32 Å². The predicted molar refractivity (Wildman–Crippen MR) is 92.6 cm³/mol. The summed E-state index contributed by atoms with van der Waals surface area (Å²) in [6.07, 6.45) is 3.13. The zero-order valence-electron chi connectivity index (χ0n) is 12.2. The van der Waals surface area contributed by atoms with Crippen molar-refractivity contribution in [2.24, 2.45) is 0 Å². The van der Waals surface area contributed by atoms with Crippen molar-refractivity contribution in [3.8, 4) is 0 Å². The molecule has 0 fully saturated rings. The number of nitrogens with one attached hydrogen (secondary N) is 1. The normalized spacial score (nSPS) is 15.3. The van der Waals surface area contributed by atoms with Crippen molar-refractivity contribution in [3.05, 3.63) is 50.8 Å². The van der Waals surface area contributed by atoms with Crippen molar-refractivity contribution in [1.29, 1.82) is 0 Å². The lowest BCUT2D eigenvalue weighted by atomic mass is 10.2. The molecule has 1 unspecified atom stereocenters. The summed E-state index contributed by atoms with van der Waals surface area (Å²) in [5.74, 6) is 0. The van der Waals surface area contributed by atoms with E-state index in [-0.39, 0.29) is 0 Å². The molecule has 114 valence electrons. The van der Waals surface area contributed by atoms with Crippen LogP contribution in [0.15, 0.2) is 30.3 Å². The maximum absolute atomic E-state index is 10.3. The van der Waals surface area contributed by atoms with Gasteiger partial charge in [0.2, 0.25) is 0 Å². The molecule has 4 rings (SSSR count). The fourth-order valence-electron chi connectivity index (χ4n) is 2.90. The van der Waals surface area contributed by atoms with Gasteiger partial charge in [-0.3, -0.25) is 0 Å². The minimum absolute atomic E-state index is 0.454. The van der Waals surface area contributed by atoms with E-state index in [1.165, 1.54) is 33.5 Å². The highest BCUT2D eigenvalue weighted by Crippen LogP contribution is 2.30. The molecule has 3 nitrogen and oxygen atoms in total. The quantitative estimate of drug-likeness (QED) is 0.750. The first-order valence-corrected chi connectivity index (χ1v) is 9.27. The van der Waals surface area contributed by atoms with Gasteiger partial charge in [0.25, 0.3) is 0 Å². The van der Waals surface area contributed by atoms with Crippen LogP contribution in [0, 0.1) is 0 Å². The number of thiophene rings is 1. The second-order valence-corrected chi connectivity index (χ2v) is 7.95. The van der Waals surface area contributed by atoms with Crippen LogP contribution in [0.2, 0.25) is 0 Å². The van der Waals surface area contributed by atoms with Gasteiger partial charge in [0.1, 0.15) is 11.1 Å². The van der Waals surface area contributed by atoms with Crippen molar-refractivity contribution in [2.75, 3.05) is 6.54 Å². The first kappa shape index (κ1) is 14.3. The Morgan fingerprint density at radius 2 is 2.14 bits per heavy atom. The fraction of sp³-hybridized carbons (Fsp3) is 0.353. The summed E-state index contributed by atoms with van der Waals surface area (Å²) in [4.78, 5) is 7.16. The average Bonchev–Trinajstić information content (AvgIpc) is 3.20. The number of aryl methyl sites for hydroxylation is 2. The summed E-state index contributed by atoms with van der Waals surface area (Å²) in [5, 5.41) is 16.0. The Morgan fingerprint density at radius 1 is 1.23 bits per heavy atom. The van der Waals surface area contributed by atoms with Gasteiger partial charge >= 0.3 is 0 Å². The highest BCUT2D eigenvalue weighted by Gasteiger charge is 2.17. The second kappa shape index (κ2) is 6.08. The molecular weight excluding hydrogens is 312 g/mol. The van der Waals surface area contributed by atoms with Crippen molar-refractivity contribution in [1.82, 2.24) is 10.3 Å². The average molecular weight is 330 g/mol. The van der Waals surface area contributed by atoms with Crippen molar-refractivity contribution in [3.63, 3.8) is 0 Å². The number of aliphatic hydroxyl groups excluding tert-OH is 1. The molecule has 1 aromatic carbocycles. The molecular formula is C17H18N2OS2. The molecule has 0 aliphatic heterocycles. The van der Waals surface area contributed by atoms with Crippen LogP contribution in [-0.4, -0.2) is 16.6 Å². The van der Waals surface area contributed by atoms with E-state index in [4.69, 9.17) is 0 Å². The number of hydrogen-bond donors (Lipinski definition) is 2. The number of rotatable bonds is 5. The van der Waals surface area contributed by atoms with Crippen LogP contribution in [-0.2, 0) is 19.4 Å². The van der Waals surface area contributed by atoms with Gasteiger partial charge in [-0.05, 0) is 36.8 Å². The zero-order valence-corrected chi connectivity index (χ0v) is 13.8. The van der Waals surface area contributed by atoms with Crippen molar-refractivity contribution >= 4 is 32.8 Å². The maximum Gasteiger partial charge on any atom is 0.107 e. The van der Waals surface area contributed by atoms with Gasteiger partial charge in [-0.2, -0.15) is 0 Å². The van der Waals surface area contributed by atoms with Crippen LogP contribution in [0.5, 0.6) is 0 Å². The number of nitrogens with zero attached hydrogens (tertiary/aromatic N) is 1. The first-order valence-electron chi connectivity index (χ1n) is 7.64. The number of thiazole rings is 1. The SMILES string of the molecule is OC(CNCc1nc2c(s1)CCC2)c1cc2ccccc2s1. The van der Waals surface area contributed by atoms with E-state index in [2.05, 4.69) is 28.5 Å². The lowest BCUT2D eigenvalue weighted by Gasteiger charge is -2.08. The van der Waals surface area contributed by atoms with E-state index in [9.17, 15) is 5.11 Å². The van der Waals surface area contributed by atoms with Crippen LogP contribution in [0.4, 0.5) is 0 Å².